The van der Waals surface area contributed by atoms with E-state index >= 15 is 0 Å². The van der Waals surface area contributed by atoms with Crippen LogP contribution in [0, 0.1) is 6.92 Å². The summed E-state index contributed by atoms with van der Waals surface area (Å²) in [6.07, 6.45) is 0. The zero-order chi connectivity index (χ0) is 16.2. The summed E-state index contributed by atoms with van der Waals surface area (Å²) in [6, 6.07) is 13.8. The highest BCUT2D eigenvalue weighted by atomic mass is 32.2. The van der Waals surface area contributed by atoms with Gasteiger partial charge in [-0.25, -0.2) is 8.42 Å². The number of anilines is 2. The molecule has 2 aromatic carbocycles. The Morgan fingerprint density at radius 3 is 2.36 bits per heavy atom. The van der Waals surface area contributed by atoms with E-state index < -0.39 is 10.0 Å². The zero-order valence-corrected chi connectivity index (χ0v) is 13.9. The van der Waals surface area contributed by atoms with Crippen molar-refractivity contribution in [3.8, 4) is 0 Å². The molecule has 0 bridgehead atoms. The van der Waals surface area contributed by atoms with Gasteiger partial charge in [0.25, 0.3) is 10.0 Å². The van der Waals surface area contributed by atoms with Crippen LogP contribution in [-0.4, -0.2) is 20.6 Å². The number of nitrogens with one attached hydrogen (secondary N) is 3. The number of rotatable bonds is 4. The van der Waals surface area contributed by atoms with Gasteiger partial charge in [0.1, 0.15) is 0 Å². The molecule has 0 aliphatic rings. The summed E-state index contributed by atoms with van der Waals surface area (Å²) in [5, 5.41) is 6.12. The molecule has 0 unspecified atom stereocenters. The Labute approximate surface area is 135 Å². The minimum Gasteiger partial charge on any atom is -0.366 e. The second-order valence-electron chi connectivity index (χ2n) is 4.66. The van der Waals surface area contributed by atoms with Gasteiger partial charge in [-0.15, -0.1) is 0 Å². The second-order valence-corrected chi connectivity index (χ2v) is 6.71. The molecule has 2 aromatic rings. The van der Waals surface area contributed by atoms with E-state index in [2.05, 4.69) is 15.4 Å². The summed E-state index contributed by atoms with van der Waals surface area (Å²) >= 11 is 5.02. The topological polar surface area (TPSA) is 70.2 Å². The Morgan fingerprint density at radius 1 is 1.05 bits per heavy atom. The van der Waals surface area contributed by atoms with Crippen LogP contribution in [0.2, 0.25) is 0 Å². The van der Waals surface area contributed by atoms with E-state index in [1.807, 2.05) is 6.07 Å². The summed E-state index contributed by atoms with van der Waals surface area (Å²) in [6.45, 7) is 1.75. The van der Waals surface area contributed by atoms with Crippen molar-refractivity contribution < 1.29 is 8.42 Å². The van der Waals surface area contributed by atoms with Crippen LogP contribution in [-0.2, 0) is 10.0 Å². The van der Waals surface area contributed by atoms with E-state index in [0.29, 0.717) is 22.1 Å². The fraction of sp³-hybridized carbons (Fsp3) is 0.133. The molecule has 0 atom stereocenters. The van der Waals surface area contributed by atoms with Crippen molar-refractivity contribution in [3.63, 3.8) is 0 Å². The van der Waals surface area contributed by atoms with Gasteiger partial charge < -0.3 is 10.6 Å². The first-order valence-corrected chi connectivity index (χ1v) is 8.49. The fourth-order valence-electron chi connectivity index (χ4n) is 1.88. The maximum atomic E-state index is 12.5. The molecule has 2 rings (SSSR count). The Balaban J connectivity index is 2.33. The molecule has 0 heterocycles. The molecule has 0 spiro atoms. The van der Waals surface area contributed by atoms with Crippen LogP contribution in [0.15, 0.2) is 53.4 Å². The molecule has 0 aliphatic carbocycles. The van der Waals surface area contributed by atoms with Crippen molar-refractivity contribution in [2.75, 3.05) is 17.1 Å². The lowest BCUT2D eigenvalue weighted by molar-refractivity contribution is 0.600. The van der Waals surface area contributed by atoms with Crippen LogP contribution in [0.4, 0.5) is 11.4 Å². The lowest BCUT2D eigenvalue weighted by Crippen LogP contribution is -2.24. The smallest absolute Gasteiger partial charge is 0.262 e. The highest BCUT2D eigenvalue weighted by Crippen LogP contribution is 2.22. The van der Waals surface area contributed by atoms with Crippen molar-refractivity contribution in [2.24, 2.45) is 0 Å². The molecule has 0 saturated heterocycles. The molecule has 116 valence electrons. The second kappa shape index (κ2) is 6.76. The van der Waals surface area contributed by atoms with Crippen molar-refractivity contribution in [1.82, 2.24) is 5.32 Å². The maximum absolute atomic E-state index is 12.5. The third kappa shape index (κ3) is 3.96. The van der Waals surface area contributed by atoms with Gasteiger partial charge in [-0.05, 0) is 49.0 Å². The molecule has 0 aromatic heterocycles. The number of hydrogen-bond acceptors (Lipinski definition) is 3. The van der Waals surface area contributed by atoms with Crippen LogP contribution in [0.25, 0.3) is 0 Å². The van der Waals surface area contributed by atoms with Gasteiger partial charge in [0.15, 0.2) is 5.11 Å². The molecule has 0 fully saturated rings. The van der Waals surface area contributed by atoms with Crippen LogP contribution in [0.1, 0.15) is 5.56 Å². The molecule has 0 aliphatic heterocycles. The molecule has 22 heavy (non-hydrogen) atoms. The first-order valence-electron chi connectivity index (χ1n) is 6.59. The first-order chi connectivity index (χ1) is 10.4. The molecule has 0 radical (unpaired) electrons. The predicted octanol–water partition coefficient (Wildman–Crippen LogP) is 2.71. The SMILES string of the molecule is CNC(=S)Nc1ccc(C)c(S(=O)(=O)Nc2ccccc2)c1. The number of para-hydroxylation sites is 1. The monoisotopic (exact) mass is 335 g/mol. The lowest BCUT2D eigenvalue weighted by Gasteiger charge is -2.13. The van der Waals surface area contributed by atoms with Gasteiger partial charge >= 0.3 is 0 Å². The van der Waals surface area contributed by atoms with Crippen molar-refractivity contribution >= 4 is 38.7 Å². The first kappa shape index (κ1) is 16.3. The third-order valence-corrected chi connectivity index (χ3v) is 4.82. The van der Waals surface area contributed by atoms with Crippen molar-refractivity contribution in [2.45, 2.75) is 11.8 Å². The highest BCUT2D eigenvalue weighted by molar-refractivity contribution is 7.92. The summed E-state index contributed by atoms with van der Waals surface area (Å²) in [5.74, 6) is 0. The average Bonchev–Trinajstić information content (AvgIpc) is 2.49. The standard InChI is InChI=1S/C15H17N3O2S2/c1-11-8-9-13(17-15(21)16-2)10-14(11)22(19,20)18-12-6-4-3-5-7-12/h3-10,18H,1-2H3,(H2,16,17,21). The summed E-state index contributed by atoms with van der Waals surface area (Å²) in [4.78, 5) is 0.209. The predicted molar refractivity (Wildman–Crippen MR) is 93.7 cm³/mol. The maximum Gasteiger partial charge on any atom is 0.262 e. The van der Waals surface area contributed by atoms with E-state index in [0.717, 1.165) is 0 Å². The Bertz CT molecular complexity index is 775. The minimum absolute atomic E-state index is 0.209. The molecule has 7 heteroatoms. The summed E-state index contributed by atoms with van der Waals surface area (Å²) in [5.41, 5.74) is 1.79. The Kier molecular flexibility index (Phi) is 4.99. The van der Waals surface area contributed by atoms with Crippen LogP contribution >= 0.6 is 12.2 Å². The molecule has 5 nitrogen and oxygen atoms in total. The Morgan fingerprint density at radius 2 is 1.73 bits per heavy atom. The van der Waals surface area contributed by atoms with Crippen LogP contribution in [0.5, 0.6) is 0 Å². The van der Waals surface area contributed by atoms with Gasteiger partial charge in [0.05, 0.1) is 4.90 Å². The molecular formula is C15H17N3O2S2. The summed E-state index contributed by atoms with van der Waals surface area (Å²) in [7, 11) is -1.97. The molecule has 0 amide bonds. The Hall–Kier alpha value is -2.12. The number of aryl methyl sites for hydroxylation is 1. The van der Waals surface area contributed by atoms with Gasteiger partial charge in [0.2, 0.25) is 0 Å². The molecule has 3 N–H and O–H groups in total. The average molecular weight is 335 g/mol. The van der Waals surface area contributed by atoms with Gasteiger partial charge in [-0.3, -0.25) is 4.72 Å². The summed E-state index contributed by atoms with van der Waals surface area (Å²) < 4.78 is 27.7. The van der Waals surface area contributed by atoms with E-state index in [4.69, 9.17) is 12.2 Å². The van der Waals surface area contributed by atoms with Crippen molar-refractivity contribution in [1.29, 1.82) is 0 Å². The van der Waals surface area contributed by atoms with E-state index in [1.165, 1.54) is 0 Å². The highest BCUT2D eigenvalue weighted by Gasteiger charge is 2.17. The van der Waals surface area contributed by atoms with Gasteiger partial charge in [-0.1, -0.05) is 24.3 Å². The largest absolute Gasteiger partial charge is 0.366 e. The normalized spacial score (nSPS) is 10.8. The lowest BCUT2D eigenvalue weighted by atomic mass is 10.2. The van der Waals surface area contributed by atoms with E-state index in [1.54, 1.807) is 56.4 Å². The number of hydrogen-bond donors (Lipinski definition) is 3. The van der Waals surface area contributed by atoms with Crippen LogP contribution in [0.3, 0.4) is 0 Å². The van der Waals surface area contributed by atoms with E-state index in [-0.39, 0.29) is 4.90 Å². The minimum atomic E-state index is -3.66. The quantitative estimate of drug-likeness (QED) is 0.750. The fourth-order valence-corrected chi connectivity index (χ4v) is 3.33. The van der Waals surface area contributed by atoms with Gasteiger partial charge in [0, 0.05) is 18.4 Å². The van der Waals surface area contributed by atoms with Crippen LogP contribution < -0.4 is 15.4 Å². The molecule has 0 saturated carbocycles. The third-order valence-electron chi connectivity index (χ3n) is 2.99. The number of sulfonamides is 1. The number of thiocarbonyl (C=S) groups is 1. The van der Waals surface area contributed by atoms with Crippen molar-refractivity contribution in [3.05, 3.63) is 54.1 Å². The zero-order valence-electron chi connectivity index (χ0n) is 12.3. The number of benzene rings is 2. The van der Waals surface area contributed by atoms with E-state index in [9.17, 15) is 8.42 Å². The van der Waals surface area contributed by atoms with Gasteiger partial charge in [-0.2, -0.15) is 0 Å². The molecular weight excluding hydrogens is 318 g/mol.